The van der Waals surface area contributed by atoms with Crippen LogP contribution in [0.1, 0.15) is 5.56 Å². The van der Waals surface area contributed by atoms with Gasteiger partial charge in [0.05, 0.1) is 31.3 Å². The van der Waals surface area contributed by atoms with E-state index in [-0.39, 0.29) is 65.3 Å². The topological polar surface area (TPSA) is 175 Å². The van der Waals surface area contributed by atoms with Gasteiger partial charge in [-0.2, -0.15) is 0 Å². The van der Waals surface area contributed by atoms with Crippen molar-refractivity contribution in [3.63, 3.8) is 0 Å². The van der Waals surface area contributed by atoms with Gasteiger partial charge in [-0.25, -0.2) is 4.99 Å². The number of thiocarbonyl (C=S) groups is 1. The van der Waals surface area contributed by atoms with E-state index in [2.05, 4.69) is 10.2 Å². The Morgan fingerprint density at radius 1 is 0.737 bits per heavy atom. The molecule has 0 radical (unpaired) electrons. The Morgan fingerprint density at radius 3 is 1.66 bits per heavy atom. The average molecular weight is 552 g/mol. The Balaban J connectivity index is 2.59. The van der Waals surface area contributed by atoms with Gasteiger partial charge in [-0.15, -0.1) is 0 Å². The van der Waals surface area contributed by atoms with Crippen molar-refractivity contribution in [2.75, 3.05) is 72.0 Å². The van der Waals surface area contributed by atoms with Crippen LogP contribution >= 0.6 is 12.2 Å². The van der Waals surface area contributed by atoms with Crippen molar-refractivity contribution in [1.82, 2.24) is 19.6 Å². The van der Waals surface area contributed by atoms with E-state index in [1.54, 1.807) is 19.6 Å². The molecule has 0 saturated carbocycles. The SMILES string of the molecule is O=C(O)CN1CCN(CC(=O)O)CCN(CC(=O)O)C(Cc2ccccc2)(N=C=S)CN(CC(=O)O)CC1. The molecule has 1 atom stereocenters. The normalized spacial score (nSPS) is 20.9. The number of hydrogen-bond donors (Lipinski definition) is 4. The molecule has 0 aromatic heterocycles. The van der Waals surface area contributed by atoms with E-state index < -0.39 is 42.6 Å². The fraction of sp³-hybridized carbons (Fsp3) is 0.542. The predicted molar refractivity (Wildman–Crippen MR) is 139 cm³/mol. The molecule has 1 fully saturated rings. The molecule has 1 aromatic rings. The number of isothiocyanates is 1. The first-order chi connectivity index (χ1) is 18.0. The van der Waals surface area contributed by atoms with Crippen LogP contribution in [-0.2, 0) is 25.6 Å². The molecule has 1 unspecified atom stereocenters. The Morgan fingerprint density at radius 2 is 1.18 bits per heavy atom. The molecule has 0 amide bonds. The second-order valence-electron chi connectivity index (χ2n) is 9.11. The van der Waals surface area contributed by atoms with Crippen LogP contribution in [0.15, 0.2) is 35.3 Å². The largest absolute Gasteiger partial charge is 0.480 e. The minimum Gasteiger partial charge on any atom is -0.480 e. The van der Waals surface area contributed by atoms with Crippen molar-refractivity contribution < 1.29 is 39.6 Å². The van der Waals surface area contributed by atoms with Gasteiger partial charge in [-0.05, 0) is 17.8 Å². The third-order valence-electron chi connectivity index (χ3n) is 6.20. The fourth-order valence-corrected chi connectivity index (χ4v) is 4.70. The molecule has 13 nitrogen and oxygen atoms in total. The van der Waals surface area contributed by atoms with E-state index in [9.17, 15) is 39.6 Å². The molecule has 1 aliphatic rings. The van der Waals surface area contributed by atoms with Gasteiger partial charge >= 0.3 is 23.9 Å². The Kier molecular flexibility index (Phi) is 12.4. The van der Waals surface area contributed by atoms with Crippen LogP contribution in [0, 0.1) is 0 Å². The molecular weight excluding hydrogens is 518 g/mol. The number of hydrogen-bond acceptors (Lipinski definition) is 10. The van der Waals surface area contributed by atoms with Crippen molar-refractivity contribution in [3.05, 3.63) is 35.9 Å². The summed E-state index contributed by atoms with van der Waals surface area (Å²) < 4.78 is 0. The molecule has 0 spiro atoms. The number of carboxylic acid groups (broad SMARTS) is 4. The first-order valence-electron chi connectivity index (χ1n) is 11.9. The second-order valence-corrected chi connectivity index (χ2v) is 9.29. The zero-order valence-corrected chi connectivity index (χ0v) is 21.8. The van der Waals surface area contributed by atoms with Crippen LogP contribution in [0.2, 0.25) is 0 Å². The highest BCUT2D eigenvalue weighted by molar-refractivity contribution is 7.78. The molecule has 1 aliphatic heterocycles. The first kappa shape index (κ1) is 31.0. The zero-order chi connectivity index (χ0) is 28.1. The van der Waals surface area contributed by atoms with Crippen molar-refractivity contribution in [2.45, 2.75) is 12.1 Å². The molecule has 0 bridgehead atoms. The number of carboxylic acids is 4. The molecule has 38 heavy (non-hydrogen) atoms. The highest BCUT2D eigenvalue weighted by Crippen LogP contribution is 2.25. The summed E-state index contributed by atoms with van der Waals surface area (Å²) in [5.41, 5.74) is -0.544. The Hall–Kier alpha value is -3.26. The van der Waals surface area contributed by atoms with E-state index in [0.29, 0.717) is 0 Å². The smallest absolute Gasteiger partial charge is 0.317 e. The van der Waals surface area contributed by atoms with Gasteiger partial charge in [-0.3, -0.25) is 38.8 Å². The van der Waals surface area contributed by atoms with Gasteiger partial charge in [-0.1, -0.05) is 30.3 Å². The number of benzene rings is 1. The third kappa shape index (κ3) is 10.6. The lowest BCUT2D eigenvalue weighted by atomic mass is 9.96. The van der Waals surface area contributed by atoms with E-state index in [0.717, 1.165) is 5.56 Å². The highest BCUT2D eigenvalue weighted by atomic mass is 32.1. The summed E-state index contributed by atoms with van der Waals surface area (Å²) in [6, 6.07) is 9.13. The standard InChI is InChI=1S/C24H33N5O8S/c30-20(31)13-26-6-7-27(14-21(32)33)10-11-29(16-23(36)37)24(25-18-38,12-19-4-2-1-3-5-19)17-28(9-8-26)15-22(34)35/h1-5H,6-17H2,(H,30,31)(H,32,33)(H,34,35)(H,36,37). The van der Waals surface area contributed by atoms with Crippen LogP contribution in [0.5, 0.6) is 0 Å². The molecule has 14 heteroatoms. The Labute approximate surface area is 225 Å². The second kappa shape index (κ2) is 15.2. The van der Waals surface area contributed by atoms with Crippen molar-refractivity contribution in [2.24, 2.45) is 4.99 Å². The number of nitrogens with zero attached hydrogens (tertiary/aromatic N) is 5. The zero-order valence-electron chi connectivity index (χ0n) is 20.9. The predicted octanol–water partition coefficient (Wildman–Crippen LogP) is -0.412. The Bertz CT molecular complexity index is 1020. The molecule has 4 N–H and O–H groups in total. The summed E-state index contributed by atoms with van der Waals surface area (Å²) in [5, 5.41) is 40.5. The summed E-state index contributed by atoms with van der Waals surface area (Å²) in [7, 11) is 0. The van der Waals surface area contributed by atoms with E-state index in [1.807, 2.05) is 30.3 Å². The van der Waals surface area contributed by atoms with Gasteiger partial charge in [0.1, 0.15) is 5.66 Å². The lowest BCUT2D eigenvalue weighted by Crippen LogP contribution is -2.60. The van der Waals surface area contributed by atoms with Gasteiger partial charge in [0.2, 0.25) is 0 Å². The van der Waals surface area contributed by atoms with Gasteiger partial charge in [0.25, 0.3) is 0 Å². The van der Waals surface area contributed by atoms with E-state index >= 15 is 0 Å². The number of rotatable bonds is 11. The van der Waals surface area contributed by atoms with Crippen LogP contribution in [0.4, 0.5) is 0 Å². The highest BCUT2D eigenvalue weighted by Gasteiger charge is 2.40. The molecule has 1 saturated heterocycles. The van der Waals surface area contributed by atoms with E-state index in [4.69, 9.17) is 12.2 Å². The summed E-state index contributed by atoms with van der Waals surface area (Å²) in [5.74, 6) is -4.40. The molecular formula is C24H33N5O8S. The van der Waals surface area contributed by atoms with Gasteiger partial charge in [0.15, 0.2) is 0 Å². The average Bonchev–Trinajstić information content (AvgIpc) is 2.81. The van der Waals surface area contributed by atoms with Crippen LogP contribution in [0.3, 0.4) is 0 Å². The van der Waals surface area contributed by atoms with Gasteiger partial charge in [0, 0.05) is 52.2 Å². The van der Waals surface area contributed by atoms with E-state index in [1.165, 1.54) is 0 Å². The molecule has 1 aromatic carbocycles. The minimum absolute atomic E-state index is 0.0367. The third-order valence-corrected chi connectivity index (χ3v) is 6.29. The van der Waals surface area contributed by atoms with Crippen molar-refractivity contribution >= 4 is 41.3 Å². The monoisotopic (exact) mass is 551 g/mol. The maximum atomic E-state index is 11.9. The summed E-state index contributed by atoms with van der Waals surface area (Å²) in [4.78, 5) is 57.5. The maximum absolute atomic E-state index is 11.9. The maximum Gasteiger partial charge on any atom is 0.317 e. The van der Waals surface area contributed by atoms with Crippen LogP contribution in [-0.4, -0.2) is 147 Å². The summed E-state index contributed by atoms with van der Waals surface area (Å²) in [6.45, 7) is -0.536. The lowest BCUT2D eigenvalue weighted by molar-refractivity contribution is -0.143. The number of aliphatic imine (C=N–C) groups is 1. The molecule has 208 valence electrons. The molecule has 2 rings (SSSR count). The lowest BCUT2D eigenvalue weighted by Gasteiger charge is -2.44. The molecule has 0 aliphatic carbocycles. The van der Waals surface area contributed by atoms with Crippen LogP contribution < -0.4 is 0 Å². The number of carbonyl (C=O) groups is 4. The number of aliphatic carboxylic acids is 4. The van der Waals surface area contributed by atoms with Crippen molar-refractivity contribution in [1.29, 1.82) is 0 Å². The quantitative estimate of drug-likeness (QED) is 0.206. The van der Waals surface area contributed by atoms with Crippen molar-refractivity contribution in [3.8, 4) is 0 Å². The summed E-state index contributed by atoms with van der Waals surface area (Å²) in [6.07, 6.45) is 0.179. The summed E-state index contributed by atoms with van der Waals surface area (Å²) >= 11 is 4.96. The fourth-order valence-electron chi connectivity index (χ4n) is 4.53. The first-order valence-corrected chi connectivity index (χ1v) is 12.4. The van der Waals surface area contributed by atoms with Gasteiger partial charge < -0.3 is 20.4 Å². The van der Waals surface area contributed by atoms with Crippen LogP contribution in [0.25, 0.3) is 0 Å². The minimum atomic E-state index is -1.34. The molecule has 1 heterocycles.